The Balaban J connectivity index is 2.38. The third-order valence-corrected chi connectivity index (χ3v) is 2.55. The lowest BCUT2D eigenvalue weighted by molar-refractivity contribution is 0.646. The van der Waals surface area contributed by atoms with Crippen LogP contribution >= 0.6 is 0 Å². The zero-order chi connectivity index (χ0) is 10.8. The minimum absolute atomic E-state index is 0.329. The first kappa shape index (κ1) is 10.1. The molecule has 0 bridgehead atoms. The van der Waals surface area contributed by atoms with Crippen LogP contribution in [0.15, 0.2) is 18.3 Å². The number of hydrogen-bond acceptors (Lipinski definition) is 3. The maximum atomic E-state index is 5.52. The Morgan fingerprint density at radius 1 is 1.53 bits per heavy atom. The van der Waals surface area contributed by atoms with Crippen molar-refractivity contribution in [3.05, 3.63) is 29.7 Å². The van der Waals surface area contributed by atoms with Gasteiger partial charge in [-0.05, 0) is 37.6 Å². The van der Waals surface area contributed by atoms with Gasteiger partial charge in [0.05, 0.1) is 0 Å². The molecule has 4 nitrogen and oxygen atoms in total. The topological polar surface area (TPSA) is 56.2 Å². The van der Waals surface area contributed by atoms with Gasteiger partial charge in [0.15, 0.2) is 11.5 Å². The van der Waals surface area contributed by atoms with E-state index in [9.17, 15) is 0 Å². The second kappa shape index (κ2) is 3.98. The molecule has 4 heteroatoms. The Kier molecular flexibility index (Phi) is 2.68. The minimum Gasteiger partial charge on any atom is -0.330 e. The molecule has 0 aliphatic carbocycles. The van der Waals surface area contributed by atoms with E-state index in [0.29, 0.717) is 12.5 Å². The molecule has 2 heterocycles. The second-order valence-corrected chi connectivity index (χ2v) is 3.96. The quantitative estimate of drug-likeness (QED) is 0.824. The summed E-state index contributed by atoms with van der Waals surface area (Å²) in [5, 5.41) is 4.42. The normalized spacial score (nSPS) is 13.3. The standard InChI is InChI=1S/C11H16N4/c1-8-4-6-15-10(7-8)13-11(14-15)9(2)3-5-12/h4,6-7,9H,3,5,12H2,1-2H3. The summed E-state index contributed by atoms with van der Waals surface area (Å²) in [4.78, 5) is 4.49. The average Bonchev–Trinajstić information content (AvgIpc) is 2.60. The number of rotatable bonds is 3. The van der Waals surface area contributed by atoms with Gasteiger partial charge in [-0.15, -0.1) is 0 Å². The number of hydrogen-bond donors (Lipinski definition) is 1. The Morgan fingerprint density at radius 3 is 3.07 bits per heavy atom. The van der Waals surface area contributed by atoms with Crippen molar-refractivity contribution < 1.29 is 0 Å². The highest BCUT2D eigenvalue weighted by atomic mass is 15.3. The smallest absolute Gasteiger partial charge is 0.155 e. The van der Waals surface area contributed by atoms with Crippen LogP contribution in [0.25, 0.3) is 5.65 Å². The van der Waals surface area contributed by atoms with E-state index in [1.165, 1.54) is 5.56 Å². The summed E-state index contributed by atoms with van der Waals surface area (Å²) < 4.78 is 1.81. The molecule has 0 aliphatic heterocycles. The Hall–Kier alpha value is -1.42. The number of aryl methyl sites for hydroxylation is 1. The Labute approximate surface area is 89.1 Å². The van der Waals surface area contributed by atoms with E-state index in [0.717, 1.165) is 17.9 Å². The van der Waals surface area contributed by atoms with Crippen LogP contribution in [0.2, 0.25) is 0 Å². The van der Waals surface area contributed by atoms with Crippen molar-refractivity contribution in [3.63, 3.8) is 0 Å². The Bertz CT molecular complexity index is 461. The first-order chi connectivity index (χ1) is 7.20. The third kappa shape index (κ3) is 1.99. The largest absolute Gasteiger partial charge is 0.330 e. The molecule has 0 amide bonds. The molecule has 0 spiro atoms. The van der Waals surface area contributed by atoms with Crippen molar-refractivity contribution in [2.24, 2.45) is 5.73 Å². The molecular formula is C11H16N4. The van der Waals surface area contributed by atoms with Crippen LogP contribution in [0.3, 0.4) is 0 Å². The summed E-state index contributed by atoms with van der Waals surface area (Å²) in [6.45, 7) is 4.84. The van der Waals surface area contributed by atoms with Crippen LogP contribution < -0.4 is 5.73 Å². The Morgan fingerprint density at radius 2 is 2.33 bits per heavy atom. The van der Waals surface area contributed by atoms with Gasteiger partial charge in [0, 0.05) is 12.1 Å². The fraction of sp³-hybridized carbons (Fsp3) is 0.455. The number of fused-ring (bicyclic) bond motifs is 1. The molecule has 0 aromatic carbocycles. The van der Waals surface area contributed by atoms with Crippen LogP contribution in [0.1, 0.15) is 30.7 Å². The van der Waals surface area contributed by atoms with Crippen molar-refractivity contribution in [1.29, 1.82) is 0 Å². The van der Waals surface area contributed by atoms with Gasteiger partial charge in [-0.2, -0.15) is 5.10 Å². The van der Waals surface area contributed by atoms with E-state index in [-0.39, 0.29) is 0 Å². The molecule has 1 atom stereocenters. The molecule has 0 saturated carbocycles. The summed E-state index contributed by atoms with van der Waals surface area (Å²) in [7, 11) is 0. The van der Waals surface area contributed by atoms with E-state index >= 15 is 0 Å². The molecule has 2 aromatic rings. The summed E-state index contributed by atoms with van der Waals surface area (Å²) in [5.41, 5.74) is 7.64. The van der Waals surface area contributed by atoms with Gasteiger partial charge in [-0.1, -0.05) is 6.92 Å². The molecule has 1 unspecified atom stereocenters. The molecule has 0 fully saturated rings. The van der Waals surface area contributed by atoms with Gasteiger partial charge in [0.2, 0.25) is 0 Å². The zero-order valence-corrected chi connectivity index (χ0v) is 9.14. The van der Waals surface area contributed by atoms with Gasteiger partial charge in [0.1, 0.15) is 0 Å². The van der Waals surface area contributed by atoms with Crippen molar-refractivity contribution in [2.45, 2.75) is 26.2 Å². The fourth-order valence-electron chi connectivity index (χ4n) is 1.59. The lowest BCUT2D eigenvalue weighted by Gasteiger charge is -2.02. The molecule has 0 aliphatic rings. The van der Waals surface area contributed by atoms with Crippen molar-refractivity contribution in [2.75, 3.05) is 6.54 Å². The highest BCUT2D eigenvalue weighted by Crippen LogP contribution is 2.15. The minimum atomic E-state index is 0.329. The predicted octanol–water partition coefficient (Wildman–Crippen LogP) is 1.49. The number of aromatic nitrogens is 3. The van der Waals surface area contributed by atoms with Crippen LogP contribution in [-0.2, 0) is 0 Å². The predicted molar refractivity (Wildman–Crippen MR) is 59.8 cm³/mol. The average molecular weight is 204 g/mol. The summed E-state index contributed by atoms with van der Waals surface area (Å²) in [6, 6.07) is 4.06. The van der Waals surface area contributed by atoms with E-state index in [2.05, 4.69) is 23.9 Å². The third-order valence-electron chi connectivity index (χ3n) is 2.55. The monoisotopic (exact) mass is 204 g/mol. The van der Waals surface area contributed by atoms with Gasteiger partial charge >= 0.3 is 0 Å². The van der Waals surface area contributed by atoms with Gasteiger partial charge in [-0.3, -0.25) is 0 Å². The summed E-state index contributed by atoms with van der Waals surface area (Å²) in [5.74, 6) is 1.21. The van der Waals surface area contributed by atoms with Crippen LogP contribution in [0.5, 0.6) is 0 Å². The summed E-state index contributed by atoms with van der Waals surface area (Å²) >= 11 is 0. The van der Waals surface area contributed by atoms with Gasteiger partial charge in [-0.25, -0.2) is 9.50 Å². The lowest BCUT2D eigenvalue weighted by Crippen LogP contribution is -2.05. The molecule has 2 rings (SSSR count). The maximum absolute atomic E-state index is 5.52. The maximum Gasteiger partial charge on any atom is 0.155 e. The zero-order valence-electron chi connectivity index (χ0n) is 9.14. The molecular weight excluding hydrogens is 188 g/mol. The van der Waals surface area contributed by atoms with Gasteiger partial charge < -0.3 is 5.73 Å². The molecule has 2 N–H and O–H groups in total. The fourth-order valence-corrected chi connectivity index (χ4v) is 1.59. The van der Waals surface area contributed by atoms with E-state index in [1.54, 1.807) is 0 Å². The molecule has 0 radical (unpaired) electrons. The molecule has 0 saturated heterocycles. The van der Waals surface area contributed by atoms with Gasteiger partial charge in [0.25, 0.3) is 0 Å². The van der Waals surface area contributed by atoms with Crippen LogP contribution in [0, 0.1) is 6.92 Å². The van der Waals surface area contributed by atoms with E-state index < -0.39 is 0 Å². The van der Waals surface area contributed by atoms with Crippen molar-refractivity contribution in [1.82, 2.24) is 14.6 Å². The molecule has 15 heavy (non-hydrogen) atoms. The molecule has 2 aromatic heterocycles. The summed E-state index contributed by atoms with van der Waals surface area (Å²) in [6.07, 6.45) is 2.87. The number of nitrogens with zero attached hydrogens (tertiary/aromatic N) is 3. The highest BCUT2D eigenvalue weighted by molar-refractivity contribution is 5.40. The van der Waals surface area contributed by atoms with Crippen LogP contribution in [0.4, 0.5) is 0 Å². The van der Waals surface area contributed by atoms with Crippen molar-refractivity contribution in [3.8, 4) is 0 Å². The number of nitrogens with two attached hydrogens (primary N) is 1. The SMILES string of the molecule is Cc1ccn2nc(C(C)CCN)nc2c1. The van der Waals surface area contributed by atoms with Crippen molar-refractivity contribution >= 4 is 5.65 Å². The second-order valence-electron chi connectivity index (χ2n) is 3.96. The number of pyridine rings is 1. The van der Waals surface area contributed by atoms with E-state index in [1.807, 2.05) is 22.8 Å². The lowest BCUT2D eigenvalue weighted by atomic mass is 10.1. The van der Waals surface area contributed by atoms with E-state index in [4.69, 9.17) is 5.73 Å². The highest BCUT2D eigenvalue weighted by Gasteiger charge is 2.10. The molecule has 80 valence electrons. The van der Waals surface area contributed by atoms with Crippen LogP contribution in [-0.4, -0.2) is 21.1 Å². The first-order valence-electron chi connectivity index (χ1n) is 5.23. The first-order valence-corrected chi connectivity index (χ1v) is 5.23.